The third-order valence-electron chi connectivity index (χ3n) is 2.94. The summed E-state index contributed by atoms with van der Waals surface area (Å²) in [5.41, 5.74) is 0. The maximum Gasteiger partial charge on any atom is 0.317 e. The highest BCUT2D eigenvalue weighted by Crippen LogP contribution is 2.14. The zero-order valence-electron chi connectivity index (χ0n) is 10.7. The minimum atomic E-state index is -0.947. The number of ether oxygens (including phenoxy) is 2. The molecule has 0 spiro atoms. The average molecular weight is 260 g/mol. The molecule has 0 aliphatic carbocycles. The minimum Gasteiger partial charge on any atom is -0.481 e. The number of hydrogen-bond donors (Lipinski definition) is 2. The number of carbonyl (C=O) groups is 2. The van der Waals surface area contributed by atoms with Crippen LogP contribution in [0.1, 0.15) is 6.92 Å². The molecule has 1 rings (SSSR count). The molecule has 1 saturated heterocycles. The van der Waals surface area contributed by atoms with Crippen molar-refractivity contribution in [2.24, 2.45) is 5.92 Å². The van der Waals surface area contributed by atoms with E-state index >= 15 is 0 Å². The van der Waals surface area contributed by atoms with E-state index < -0.39 is 17.9 Å². The van der Waals surface area contributed by atoms with Crippen LogP contribution in [0, 0.1) is 5.92 Å². The van der Waals surface area contributed by atoms with Crippen LogP contribution in [-0.4, -0.2) is 68.1 Å². The molecule has 2 amide bonds. The molecule has 1 aliphatic heterocycles. The van der Waals surface area contributed by atoms with Crippen LogP contribution in [0.2, 0.25) is 0 Å². The summed E-state index contributed by atoms with van der Waals surface area (Å²) in [7, 11) is 1.57. The lowest BCUT2D eigenvalue weighted by molar-refractivity contribution is -0.142. The van der Waals surface area contributed by atoms with Crippen LogP contribution in [-0.2, 0) is 14.3 Å². The van der Waals surface area contributed by atoms with Gasteiger partial charge in [0.1, 0.15) is 5.92 Å². The summed E-state index contributed by atoms with van der Waals surface area (Å²) in [4.78, 5) is 24.4. The van der Waals surface area contributed by atoms with Gasteiger partial charge in [0.15, 0.2) is 0 Å². The van der Waals surface area contributed by atoms with Crippen molar-refractivity contribution >= 4 is 12.0 Å². The number of nitrogens with zero attached hydrogens (tertiary/aromatic N) is 1. The molecule has 104 valence electrons. The van der Waals surface area contributed by atoms with E-state index in [1.807, 2.05) is 6.92 Å². The number of amides is 2. The molecule has 2 atom stereocenters. The van der Waals surface area contributed by atoms with Crippen LogP contribution >= 0.6 is 0 Å². The number of urea groups is 1. The van der Waals surface area contributed by atoms with Crippen molar-refractivity contribution in [3.05, 3.63) is 0 Å². The molecule has 0 radical (unpaired) electrons. The molecule has 2 N–H and O–H groups in total. The first kappa shape index (κ1) is 14.7. The molecule has 7 nitrogen and oxygen atoms in total. The lowest BCUT2D eigenvalue weighted by Gasteiger charge is -2.24. The maximum atomic E-state index is 11.9. The van der Waals surface area contributed by atoms with Crippen LogP contribution < -0.4 is 5.32 Å². The zero-order valence-corrected chi connectivity index (χ0v) is 10.7. The Morgan fingerprint density at radius 2 is 2.22 bits per heavy atom. The Morgan fingerprint density at radius 1 is 1.50 bits per heavy atom. The Morgan fingerprint density at radius 3 is 2.78 bits per heavy atom. The summed E-state index contributed by atoms with van der Waals surface area (Å²) in [6.45, 7) is 3.71. The molecular formula is C11H20N2O5. The molecule has 0 aromatic heterocycles. The Balaban J connectivity index is 2.49. The first-order chi connectivity index (χ1) is 8.60. The number of aliphatic carboxylic acids is 1. The minimum absolute atomic E-state index is 0.143. The monoisotopic (exact) mass is 260 g/mol. The second-order valence-corrected chi connectivity index (χ2v) is 4.11. The van der Waals surface area contributed by atoms with Gasteiger partial charge in [-0.15, -0.1) is 0 Å². The van der Waals surface area contributed by atoms with Gasteiger partial charge in [-0.2, -0.15) is 0 Å². The number of carboxylic acids is 1. The van der Waals surface area contributed by atoms with Crippen molar-refractivity contribution in [1.82, 2.24) is 10.2 Å². The topological polar surface area (TPSA) is 88.1 Å². The molecular weight excluding hydrogens is 240 g/mol. The molecule has 7 heteroatoms. The third-order valence-corrected chi connectivity index (χ3v) is 2.94. The van der Waals surface area contributed by atoms with Gasteiger partial charge in [-0.1, -0.05) is 0 Å². The van der Waals surface area contributed by atoms with E-state index in [2.05, 4.69) is 5.32 Å². The molecule has 18 heavy (non-hydrogen) atoms. The van der Waals surface area contributed by atoms with Gasteiger partial charge in [0.05, 0.1) is 25.9 Å². The number of carboxylic acid groups (broad SMARTS) is 1. The third kappa shape index (κ3) is 3.85. The van der Waals surface area contributed by atoms with E-state index in [4.69, 9.17) is 14.6 Å². The molecule has 0 saturated carbocycles. The van der Waals surface area contributed by atoms with E-state index in [-0.39, 0.29) is 19.2 Å². The van der Waals surface area contributed by atoms with Gasteiger partial charge in [0, 0.05) is 20.2 Å². The molecule has 0 aromatic rings. The average Bonchev–Trinajstić information content (AvgIpc) is 2.78. The molecule has 0 bridgehead atoms. The van der Waals surface area contributed by atoms with E-state index in [9.17, 15) is 9.59 Å². The van der Waals surface area contributed by atoms with Gasteiger partial charge in [-0.25, -0.2) is 4.79 Å². The van der Waals surface area contributed by atoms with Crippen molar-refractivity contribution in [3.63, 3.8) is 0 Å². The van der Waals surface area contributed by atoms with Crippen LogP contribution in [0.15, 0.2) is 0 Å². The lowest BCUT2D eigenvalue weighted by Crippen LogP contribution is -2.49. The maximum absolute atomic E-state index is 11.9. The van der Waals surface area contributed by atoms with Gasteiger partial charge in [0.25, 0.3) is 0 Å². The van der Waals surface area contributed by atoms with E-state index in [0.717, 1.165) is 0 Å². The predicted octanol–water partition coefficient (Wildman–Crippen LogP) is -0.236. The lowest BCUT2D eigenvalue weighted by atomic mass is 10.0. The highest BCUT2D eigenvalue weighted by atomic mass is 16.5. The van der Waals surface area contributed by atoms with Gasteiger partial charge in [0.2, 0.25) is 0 Å². The van der Waals surface area contributed by atoms with Crippen molar-refractivity contribution in [2.45, 2.75) is 13.0 Å². The van der Waals surface area contributed by atoms with E-state index in [0.29, 0.717) is 19.7 Å². The largest absolute Gasteiger partial charge is 0.481 e. The quantitative estimate of drug-likeness (QED) is 0.688. The van der Waals surface area contributed by atoms with Crippen LogP contribution in [0.3, 0.4) is 0 Å². The summed E-state index contributed by atoms with van der Waals surface area (Å²) < 4.78 is 10.0. The van der Waals surface area contributed by atoms with Crippen molar-refractivity contribution in [3.8, 4) is 0 Å². The highest BCUT2D eigenvalue weighted by molar-refractivity contribution is 5.77. The normalized spacial score (nSPS) is 22.8. The van der Waals surface area contributed by atoms with E-state index in [1.54, 1.807) is 12.0 Å². The predicted molar refractivity (Wildman–Crippen MR) is 63.4 cm³/mol. The standard InChI is InChI=1S/C11H20N2O5/c1-3-13(4-5-17-2)11(16)12-9-7-18-6-8(9)10(14)15/h8-9H,3-7H2,1-2H3,(H,12,16)(H,14,15). The molecule has 1 heterocycles. The van der Waals surface area contributed by atoms with Crippen LogP contribution in [0.5, 0.6) is 0 Å². The Bertz CT molecular complexity index is 297. The Labute approximate surface area is 106 Å². The second-order valence-electron chi connectivity index (χ2n) is 4.11. The van der Waals surface area contributed by atoms with Crippen LogP contribution in [0.4, 0.5) is 4.79 Å². The highest BCUT2D eigenvalue weighted by Gasteiger charge is 2.35. The summed E-state index contributed by atoms with van der Waals surface area (Å²) in [5, 5.41) is 11.7. The van der Waals surface area contributed by atoms with Gasteiger partial charge in [-0.3, -0.25) is 4.79 Å². The van der Waals surface area contributed by atoms with Gasteiger partial charge >= 0.3 is 12.0 Å². The number of methoxy groups -OCH3 is 1. The number of rotatable bonds is 6. The fourth-order valence-corrected chi connectivity index (χ4v) is 1.79. The first-order valence-corrected chi connectivity index (χ1v) is 5.95. The fourth-order valence-electron chi connectivity index (χ4n) is 1.79. The van der Waals surface area contributed by atoms with Crippen molar-refractivity contribution in [2.75, 3.05) is 40.0 Å². The summed E-state index contributed by atoms with van der Waals surface area (Å²) >= 11 is 0. The molecule has 1 aliphatic rings. The van der Waals surface area contributed by atoms with Gasteiger partial charge in [-0.05, 0) is 6.92 Å². The number of carbonyl (C=O) groups excluding carboxylic acids is 1. The number of hydrogen-bond acceptors (Lipinski definition) is 4. The Hall–Kier alpha value is -1.34. The smallest absolute Gasteiger partial charge is 0.317 e. The van der Waals surface area contributed by atoms with Gasteiger partial charge < -0.3 is 24.8 Å². The molecule has 1 fully saturated rings. The second kappa shape index (κ2) is 7.17. The Kier molecular flexibility index (Phi) is 5.87. The van der Waals surface area contributed by atoms with Crippen molar-refractivity contribution in [1.29, 1.82) is 0 Å². The van der Waals surface area contributed by atoms with E-state index in [1.165, 1.54) is 0 Å². The van der Waals surface area contributed by atoms with Crippen LogP contribution in [0.25, 0.3) is 0 Å². The SMILES string of the molecule is CCN(CCOC)C(=O)NC1COCC1C(=O)O. The summed E-state index contributed by atoms with van der Waals surface area (Å²) in [6, 6.07) is -0.747. The first-order valence-electron chi connectivity index (χ1n) is 5.95. The fraction of sp³-hybridized carbons (Fsp3) is 0.818. The number of likely N-dealkylation sites (N-methyl/N-ethyl adjacent to an activating group) is 1. The molecule has 0 aromatic carbocycles. The molecule has 2 unspecified atom stereocenters. The zero-order chi connectivity index (χ0) is 13.5. The number of nitrogens with one attached hydrogen (secondary N) is 1. The van der Waals surface area contributed by atoms with Crippen molar-refractivity contribution < 1.29 is 24.2 Å². The summed E-state index contributed by atoms with van der Waals surface area (Å²) in [5.74, 6) is -1.62. The summed E-state index contributed by atoms with van der Waals surface area (Å²) in [6.07, 6.45) is 0.